The van der Waals surface area contributed by atoms with Crippen LogP contribution in [0.15, 0.2) is 18.2 Å². The Labute approximate surface area is 171 Å². The number of carbonyl (C=O) groups is 3. The molecule has 0 aliphatic carbocycles. The van der Waals surface area contributed by atoms with E-state index in [2.05, 4.69) is 22.9 Å². The molecule has 0 bridgehead atoms. The number of hydrogen-bond donors (Lipinski definition) is 3. The lowest BCUT2D eigenvalue weighted by molar-refractivity contribution is -0.136. The molecule has 2 saturated heterocycles. The van der Waals surface area contributed by atoms with Crippen LogP contribution in [0.25, 0.3) is 0 Å². The lowest BCUT2D eigenvalue weighted by atomic mass is 9.85. The summed E-state index contributed by atoms with van der Waals surface area (Å²) in [6, 6.07) is 5.39. The zero-order valence-electron chi connectivity index (χ0n) is 17.1. The number of benzene rings is 1. The molecule has 0 aromatic heterocycles. The van der Waals surface area contributed by atoms with Crippen molar-refractivity contribution in [2.75, 3.05) is 13.1 Å². The predicted octanol–water partition coefficient (Wildman–Crippen LogP) is 1.46. The third-order valence-electron chi connectivity index (χ3n) is 6.49. The normalized spacial score (nSPS) is 27.1. The number of hydrogen-bond acceptors (Lipinski definition) is 5. The molecule has 2 unspecified atom stereocenters. The Bertz CT molecular complexity index is 811. The van der Waals surface area contributed by atoms with Crippen LogP contribution in [0.2, 0.25) is 0 Å². The van der Waals surface area contributed by atoms with Gasteiger partial charge in [-0.2, -0.15) is 0 Å². The molecule has 0 saturated carbocycles. The van der Waals surface area contributed by atoms with E-state index in [1.807, 2.05) is 18.2 Å². The van der Waals surface area contributed by atoms with Crippen molar-refractivity contribution >= 4 is 17.7 Å². The number of nitrogens with one attached hydrogen (secondary N) is 3. The number of carbonyl (C=O) groups excluding carboxylic acids is 3. The Hall–Kier alpha value is -2.25. The summed E-state index contributed by atoms with van der Waals surface area (Å²) in [6.45, 7) is 5.29. The summed E-state index contributed by atoms with van der Waals surface area (Å²) in [7, 11) is 0. The van der Waals surface area contributed by atoms with E-state index in [-0.39, 0.29) is 29.7 Å². The van der Waals surface area contributed by atoms with E-state index in [0.717, 1.165) is 55.5 Å². The van der Waals surface area contributed by atoms with E-state index in [1.165, 1.54) is 0 Å². The second kappa shape index (κ2) is 8.24. The SMILES string of the molecule is CCCC1(NCc2cccc3c2C(=O)N(C2CCC(=O)NC2=O)C3)CCCNC1. The molecule has 4 rings (SSSR count). The van der Waals surface area contributed by atoms with Crippen LogP contribution in [0.3, 0.4) is 0 Å². The van der Waals surface area contributed by atoms with E-state index >= 15 is 0 Å². The van der Waals surface area contributed by atoms with Gasteiger partial charge in [0, 0.05) is 37.2 Å². The Morgan fingerprint density at radius 3 is 2.86 bits per heavy atom. The van der Waals surface area contributed by atoms with Crippen LogP contribution >= 0.6 is 0 Å². The largest absolute Gasteiger partial charge is 0.322 e. The van der Waals surface area contributed by atoms with Gasteiger partial charge in [-0.3, -0.25) is 19.7 Å². The first kappa shape index (κ1) is 20.0. The van der Waals surface area contributed by atoms with Crippen LogP contribution in [-0.2, 0) is 22.7 Å². The average molecular weight is 399 g/mol. The van der Waals surface area contributed by atoms with Crippen molar-refractivity contribution in [1.29, 1.82) is 0 Å². The maximum atomic E-state index is 13.2. The summed E-state index contributed by atoms with van der Waals surface area (Å²) in [4.78, 5) is 38.6. The van der Waals surface area contributed by atoms with Crippen molar-refractivity contribution in [3.8, 4) is 0 Å². The maximum absolute atomic E-state index is 13.2. The summed E-state index contributed by atoms with van der Waals surface area (Å²) < 4.78 is 0. The molecule has 7 nitrogen and oxygen atoms in total. The zero-order valence-corrected chi connectivity index (χ0v) is 17.1. The van der Waals surface area contributed by atoms with Crippen LogP contribution in [0.4, 0.5) is 0 Å². The molecule has 3 N–H and O–H groups in total. The number of amides is 3. The fourth-order valence-corrected chi connectivity index (χ4v) is 5.02. The first-order valence-electron chi connectivity index (χ1n) is 10.7. The van der Waals surface area contributed by atoms with Crippen LogP contribution < -0.4 is 16.0 Å². The summed E-state index contributed by atoms with van der Waals surface area (Å²) in [5, 5.41) is 9.63. The van der Waals surface area contributed by atoms with Gasteiger partial charge in [0.15, 0.2) is 0 Å². The minimum Gasteiger partial charge on any atom is -0.322 e. The van der Waals surface area contributed by atoms with E-state index in [4.69, 9.17) is 0 Å². The van der Waals surface area contributed by atoms with Gasteiger partial charge < -0.3 is 15.5 Å². The van der Waals surface area contributed by atoms with Crippen molar-refractivity contribution in [2.45, 2.75) is 70.1 Å². The Morgan fingerprint density at radius 1 is 1.28 bits per heavy atom. The Kier molecular flexibility index (Phi) is 5.69. The maximum Gasteiger partial charge on any atom is 0.255 e. The Balaban J connectivity index is 1.51. The number of fused-ring (bicyclic) bond motifs is 1. The molecule has 3 aliphatic rings. The van der Waals surface area contributed by atoms with Gasteiger partial charge in [-0.05, 0) is 43.4 Å². The highest BCUT2D eigenvalue weighted by atomic mass is 16.2. The van der Waals surface area contributed by atoms with Crippen molar-refractivity contribution < 1.29 is 14.4 Å². The van der Waals surface area contributed by atoms with Crippen molar-refractivity contribution in [3.63, 3.8) is 0 Å². The van der Waals surface area contributed by atoms with Crippen LogP contribution in [0.1, 0.15) is 66.9 Å². The lowest BCUT2D eigenvalue weighted by Gasteiger charge is -2.39. The molecule has 2 atom stereocenters. The highest BCUT2D eigenvalue weighted by Crippen LogP contribution is 2.30. The fourth-order valence-electron chi connectivity index (χ4n) is 5.02. The van der Waals surface area contributed by atoms with Gasteiger partial charge in [0.05, 0.1) is 0 Å². The van der Waals surface area contributed by atoms with E-state index in [9.17, 15) is 14.4 Å². The minimum atomic E-state index is -0.567. The highest BCUT2D eigenvalue weighted by molar-refractivity contribution is 6.05. The van der Waals surface area contributed by atoms with Crippen molar-refractivity contribution in [3.05, 3.63) is 34.9 Å². The molecule has 7 heteroatoms. The minimum absolute atomic E-state index is 0.0701. The van der Waals surface area contributed by atoms with E-state index in [1.54, 1.807) is 4.90 Å². The lowest BCUT2D eigenvalue weighted by Crippen LogP contribution is -2.55. The smallest absolute Gasteiger partial charge is 0.255 e. The van der Waals surface area contributed by atoms with Crippen LogP contribution in [-0.4, -0.2) is 47.3 Å². The standard InChI is InChI=1S/C22H30N4O3/c1-2-9-22(10-4-11-23-14-22)24-12-15-5-3-6-16-13-26(21(29)19(15)16)17-7-8-18(27)25-20(17)28/h3,5-6,17,23-24H,2,4,7-14H2,1H3,(H,25,27,28). The first-order chi connectivity index (χ1) is 14.0. The summed E-state index contributed by atoms with van der Waals surface area (Å²) in [5.41, 5.74) is 2.74. The quantitative estimate of drug-likeness (QED) is 0.631. The van der Waals surface area contributed by atoms with Gasteiger partial charge >= 0.3 is 0 Å². The number of imide groups is 1. The summed E-state index contributed by atoms with van der Waals surface area (Å²) >= 11 is 0. The molecule has 2 fully saturated rings. The molecule has 3 aliphatic heterocycles. The van der Waals surface area contributed by atoms with Gasteiger partial charge in [0.1, 0.15) is 6.04 Å². The molecular formula is C22H30N4O3. The molecule has 3 heterocycles. The molecule has 156 valence electrons. The molecule has 0 spiro atoms. The second-order valence-corrected chi connectivity index (χ2v) is 8.52. The average Bonchev–Trinajstić information content (AvgIpc) is 3.04. The Morgan fingerprint density at radius 2 is 2.14 bits per heavy atom. The molecular weight excluding hydrogens is 368 g/mol. The van der Waals surface area contributed by atoms with Gasteiger partial charge in [-0.15, -0.1) is 0 Å². The van der Waals surface area contributed by atoms with Crippen LogP contribution in [0.5, 0.6) is 0 Å². The monoisotopic (exact) mass is 398 g/mol. The van der Waals surface area contributed by atoms with Gasteiger partial charge in [0.2, 0.25) is 11.8 Å². The third kappa shape index (κ3) is 3.94. The van der Waals surface area contributed by atoms with Crippen molar-refractivity contribution in [1.82, 2.24) is 20.9 Å². The third-order valence-corrected chi connectivity index (χ3v) is 6.49. The van der Waals surface area contributed by atoms with Gasteiger partial charge in [0.25, 0.3) is 5.91 Å². The predicted molar refractivity (Wildman–Crippen MR) is 109 cm³/mol. The summed E-state index contributed by atoms with van der Waals surface area (Å²) in [5.74, 6) is -0.724. The molecule has 29 heavy (non-hydrogen) atoms. The van der Waals surface area contributed by atoms with Gasteiger partial charge in [-0.1, -0.05) is 31.5 Å². The van der Waals surface area contributed by atoms with Gasteiger partial charge in [-0.25, -0.2) is 0 Å². The molecule has 0 radical (unpaired) electrons. The number of nitrogens with zero attached hydrogens (tertiary/aromatic N) is 1. The van der Waals surface area contributed by atoms with E-state index in [0.29, 0.717) is 19.5 Å². The molecule has 3 amide bonds. The van der Waals surface area contributed by atoms with Crippen molar-refractivity contribution in [2.24, 2.45) is 0 Å². The summed E-state index contributed by atoms with van der Waals surface area (Å²) in [6.07, 6.45) is 5.18. The second-order valence-electron chi connectivity index (χ2n) is 8.52. The number of piperidine rings is 2. The van der Waals surface area contributed by atoms with E-state index < -0.39 is 6.04 Å². The zero-order chi connectivity index (χ0) is 20.4. The topological polar surface area (TPSA) is 90.5 Å². The van der Waals surface area contributed by atoms with Crippen LogP contribution in [0, 0.1) is 0 Å². The molecule has 1 aromatic rings. The number of rotatable bonds is 6. The first-order valence-corrected chi connectivity index (χ1v) is 10.7. The molecule has 1 aromatic carbocycles. The highest BCUT2D eigenvalue weighted by Gasteiger charge is 2.40. The fraction of sp³-hybridized carbons (Fsp3) is 0.591.